The van der Waals surface area contributed by atoms with E-state index >= 15 is 0 Å². The molecule has 0 fully saturated rings. The molecule has 31 heavy (non-hydrogen) atoms. The van der Waals surface area contributed by atoms with Gasteiger partial charge in [-0.3, -0.25) is 4.79 Å². The lowest BCUT2D eigenvalue weighted by Crippen LogP contribution is -2.12. The van der Waals surface area contributed by atoms with E-state index in [1.165, 1.54) is 78.1 Å². The largest absolute Gasteiger partial charge is 0.505 e. The topological polar surface area (TPSA) is 67.8 Å². The molecule has 0 aromatic heterocycles. The van der Waals surface area contributed by atoms with Crippen LogP contribution in [0.1, 0.15) is 96.8 Å². The lowest BCUT2D eigenvalue weighted by atomic mass is 10.1. The number of phenols is 1. The van der Waals surface area contributed by atoms with E-state index in [2.05, 4.69) is 24.4 Å². The first kappa shape index (κ1) is 26.9. The van der Waals surface area contributed by atoms with E-state index in [4.69, 9.17) is 9.47 Å². The van der Waals surface area contributed by atoms with Gasteiger partial charge in [-0.15, -0.1) is 0 Å². The van der Waals surface area contributed by atoms with E-state index in [-0.39, 0.29) is 11.7 Å². The molecule has 2 N–H and O–H groups in total. The maximum Gasteiger partial charge on any atom is 0.224 e. The van der Waals surface area contributed by atoms with Gasteiger partial charge in [-0.1, -0.05) is 70.4 Å². The highest BCUT2D eigenvalue weighted by atomic mass is 16.5. The van der Waals surface area contributed by atoms with Crippen molar-refractivity contribution in [2.75, 3.05) is 19.5 Å². The summed E-state index contributed by atoms with van der Waals surface area (Å²) < 4.78 is 10.3. The fraction of sp³-hybridized carbons (Fsp3) is 0.654. The maximum atomic E-state index is 12.2. The van der Waals surface area contributed by atoms with Gasteiger partial charge < -0.3 is 19.9 Å². The van der Waals surface area contributed by atoms with Crippen LogP contribution in [-0.4, -0.2) is 25.2 Å². The molecular formula is C26H43NO4. The van der Waals surface area contributed by atoms with Crippen LogP contribution >= 0.6 is 0 Å². The number of nitrogens with one attached hydrogen (secondary N) is 1. The van der Waals surface area contributed by atoms with Crippen molar-refractivity contribution in [1.82, 2.24) is 0 Å². The first-order valence-corrected chi connectivity index (χ1v) is 12.0. The van der Waals surface area contributed by atoms with E-state index in [0.717, 1.165) is 25.7 Å². The number of hydrogen-bond donors (Lipinski definition) is 2. The van der Waals surface area contributed by atoms with Gasteiger partial charge in [-0.25, -0.2) is 0 Å². The maximum absolute atomic E-state index is 12.2. The molecule has 0 saturated heterocycles. The molecule has 1 amide bonds. The van der Waals surface area contributed by atoms with Gasteiger partial charge in [0.05, 0.1) is 14.2 Å². The molecule has 1 aromatic carbocycles. The summed E-state index contributed by atoms with van der Waals surface area (Å²) in [6.45, 7) is 2.26. The van der Waals surface area contributed by atoms with Crippen molar-refractivity contribution >= 4 is 11.6 Å². The second kappa shape index (κ2) is 17.5. The van der Waals surface area contributed by atoms with E-state index < -0.39 is 0 Å². The van der Waals surface area contributed by atoms with Gasteiger partial charge in [0.25, 0.3) is 0 Å². The van der Waals surface area contributed by atoms with E-state index in [1.807, 2.05) is 0 Å². The summed E-state index contributed by atoms with van der Waals surface area (Å²) in [5.74, 6) is 0.685. The average Bonchev–Trinajstić information content (AvgIpc) is 2.77. The molecule has 0 aliphatic rings. The Labute approximate surface area is 189 Å². The molecule has 5 heteroatoms. The lowest BCUT2D eigenvalue weighted by Gasteiger charge is -2.13. The molecule has 0 spiro atoms. The summed E-state index contributed by atoms with van der Waals surface area (Å²) in [6, 6.07) is 3.09. The van der Waals surface area contributed by atoms with Crippen LogP contribution in [0.2, 0.25) is 0 Å². The van der Waals surface area contributed by atoms with E-state index in [9.17, 15) is 9.90 Å². The molecule has 5 nitrogen and oxygen atoms in total. The number of carbonyl (C=O) groups excluding carboxylic acids is 1. The Hall–Kier alpha value is -2.17. The van der Waals surface area contributed by atoms with Gasteiger partial charge in [0.1, 0.15) is 22.9 Å². The minimum Gasteiger partial charge on any atom is -0.505 e. The number of hydrogen-bond acceptors (Lipinski definition) is 4. The van der Waals surface area contributed by atoms with Crippen molar-refractivity contribution in [1.29, 1.82) is 0 Å². The molecule has 176 valence electrons. The number of rotatable bonds is 18. The smallest absolute Gasteiger partial charge is 0.224 e. The normalized spacial score (nSPS) is 11.1. The molecule has 0 atom stereocenters. The van der Waals surface area contributed by atoms with Gasteiger partial charge >= 0.3 is 0 Å². The Balaban J connectivity index is 2.07. The molecule has 0 aliphatic heterocycles. The van der Waals surface area contributed by atoms with E-state index in [1.54, 1.807) is 6.07 Å². The Bertz CT molecular complexity index is 643. The van der Waals surface area contributed by atoms with Gasteiger partial charge in [0.15, 0.2) is 0 Å². The first-order chi connectivity index (χ1) is 15.1. The second-order valence-electron chi connectivity index (χ2n) is 8.11. The Morgan fingerprint density at radius 1 is 0.871 bits per heavy atom. The lowest BCUT2D eigenvalue weighted by molar-refractivity contribution is -0.116. The average molecular weight is 434 g/mol. The monoisotopic (exact) mass is 433 g/mol. The molecule has 0 saturated carbocycles. The minimum absolute atomic E-state index is 0.0610. The molecule has 0 aliphatic carbocycles. The number of aromatic hydroxyl groups is 1. The highest BCUT2D eigenvalue weighted by Gasteiger charge is 2.14. The Morgan fingerprint density at radius 2 is 1.45 bits per heavy atom. The van der Waals surface area contributed by atoms with Crippen LogP contribution in [0.4, 0.5) is 5.69 Å². The van der Waals surface area contributed by atoms with Crippen LogP contribution in [0, 0.1) is 0 Å². The van der Waals surface area contributed by atoms with Crippen LogP contribution in [0.3, 0.4) is 0 Å². The predicted octanol–water partition coefficient (Wildman–Crippen LogP) is 7.39. The summed E-state index contributed by atoms with van der Waals surface area (Å²) in [5.41, 5.74) is 0.293. The zero-order chi connectivity index (χ0) is 22.7. The van der Waals surface area contributed by atoms with Crippen molar-refractivity contribution in [3.8, 4) is 17.2 Å². The summed E-state index contributed by atoms with van der Waals surface area (Å²) in [6.07, 6.45) is 21.1. The third-order valence-corrected chi connectivity index (χ3v) is 5.44. The molecule has 1 aromatic rings. The van der Waals surface area contributed by atoms with Crippen molar-refractivity contribution in [3.63, 3.8) is 0 Å². The summed E-state index contributed by atoms with van der Waals surface area (Å²) in [5, 5.41) is 12.9. The quantitative estimate of drug-likeness (QED) is 0.144. The number of carbonyl (C=O) groups is 1. The summed E-state index contributed by atoms with van der Waals surface area (Å²) >= 11 is 0. The minimum atomic E-state index is -0.114. The third kappa shape index (κ3) is 12.3. The SMILES string of the molecule is CCCCCCCC/C=C/CCCCCCCC(=O)Nc1c(O)cc(OC)cc1OC. The number of unbranched alkanes of at least 4 members (excludes halogenated alkanes) is 11. The fourth-order valence-corrected chi connectivity index (χ4v) is 3.54. The molecular weight excluding hydrogens is 390 g/mol. The highest BCUT2D eigenvalue weighted by molar-refractivity contribution is 5.94. The van der Waals surface area contributed by atoms with Crippen LogP contribution in [0.25, 0.3) is 0 Å². The van der Waals surface area contributed by atoms with E-state index in [0.29, 0.717) is 23.6 Å². The molecule has 1 rings (SSSR count). The van der Waals surface area contributed by atoms with Crippen molar-refractivity contribution in [2.24, 2.45) is 0 Å². The number of methoxy groups -OCH3 is 2. The van der Waals surface area contributed by atoms with Crippen molar-refractivity contribution < 1.29 is 19.4 Å². The number of allylic oxidation sites excluding steroid dienone is 2. The van der Waals surface area contributed by atoms with Gasteiger partial charge in [0, 0.05) is 18.6 Å². The van der Waals surface area contributed by atoms with Crippen LogP contribution in [0.15, 0.2) is 24.3 Å². The van der Waals surface area contributed by atoms with Crippen LogP contribution in [0.5, 0.6) is 17.2 Å². The summed E-state index contributed by atoms with van der Waals surface area (Å²) in [4.78, 5) is 12.2. The standard InChI is InChI=1S/C26H43NO4/c1-4-5-6-7-8-9-10-11-12-13-14-15-16-17-18-19-25(29)27-26-23(28)20-22(30-2)21-24(26)31-3/h11-12,20-21,28H,4-10,13-19H2,1-3H3,(H,27,29)/b12-11+. The molecule has 0 unspecified atom stereocenters. The zero-order valence-electron chi connectivity index (χ0n) is 19.9. The molecule has 0 heterocycles. The molecule has 0 radical (unpaired) electrons. The Morgan fingerprint density at radius 3 is 2.03 bits per heavy atom. The number of anilines is 1. The number of phenolic OH excluding ortho intramolecular Hbond substituents is 1. The number of ether oxygens (including phenoxy) is 2. The van der Waals surface area contributed by atoms with Crippen molar-refractivity contribution in [2.45, 2.75) is 96.8 Å². The second-order valence-corrected chi connectivity index (χ2v) is 8.11. The van der Waals surface area contributed by atoms with Crippen LogP contribution in [-0.2, 0) is 4.79 Å². The van der Waals surface area contributed by atoms with Gasteiger partial charge in [-0.05, 0) is 32.1 Å². The third-order valence-electron chi connectivity index (χ3n) is 5.44. The summed E-state index contributed by atoms with van der Waals surface area (Å²) in [7, 11) is 3.01. The first-order valence-electron chi connectivity index (χ1n) is 12.0. The molecule has 0 bridgehead atoms. The predicted molar refractivity (Wildman–Crippen MR) is 129 cm³/mol. The van der Waals surface area contributed by atoms with Gasteiger partial charge in [-0.2, -0.15) is 0 Å². The number of benzene rings is 1. The fourth-order valence-electron chi connectivity index (χ4n) is 3.54. The van der Waals surface area contributed by atoms with Crippen LogP contribution < -0.4 is 14.8 Å². The van der Waals surface area contributed by atoms with Gasteiger partial charge in [0.2, 0.25) is 5.91 Å². The zero-order valence-corrected chi connectivity index (χ0v) is 19.9. The highest BCUT2D eigenvalue weighted by Crippen LogP contribution is 2.38. The van der Waals surface area contributed by atoms with Crippen molar-refractivity contribution in [3.05, 3.63) is 24.3 Å². The number of amides is 1. The Kier molecular flexibility index (Phi) is 15.2.